The number of para-hydroxylation sites is 1. The van der Waals surface area contributed by atoms with E-state index in [2.05, 4.69) is 31.2 Å². The summed E-state index contributed by atoms with van der Waals surface area (Å²) >= 11 is 3.12. The molecule has 106 valence electrons. The van der Waals surface area contributed by atoms with Gasteiger partial charge in [0.25, 0.3) is 5.69 Å². The lowest BCUT2D eigenvalue weighted by Gasteiger charge is -2.09. The Morgan fingerprint density at radius 3 is 2.40 bits per heavy atom. The highest BCUT2D eigenvalue weighted by Gasteiger charge is 2.15. The second-order valence-corrected chi connectivity index (χ2v) is 4.30. The van der Waals surface area contributed by atoms with Crippen molar-refractivity contribution in [1.82, 2.24) is 9.97 Å². The van der Waals surface area contributed by atoms with Crippen molar-refractivity contribution in [1.29, 1.82) is 0 Å². The molecule has 7 heteroatoms. The van der Waals surface area contributed by atoms with Crippen molar-refractivity contribution in [2.75, 3.05) is 5.32 Å². The first-order valence-corrected chi connectivity index (χ1v) is 6.86. The van der Waals surface area contributed by atoms with Crippen LogP contribution in [0.1, 0.15) is 19.4 Å². The van der Waals surface area contributed by atoms with E-state index in [9.17, 15) is 10.1 Å². The zero-order chi connectivity index (χ0) is 15.1. The predicted molar refractivity (Wildman–Crippen MR) is 82.2 cm³/mol. The molecule has 0 radical (unpaired) electrons. The van der Waals surface area contributed by atoms with Gasteiger partial charge >= 0.3 is 0 Å². The summed E-state index contributed by atoms with van der Waals surface area (Å²) in [5.41, 5.74) is 1.86. The summed E-state index contributed by atoms with van der Waals surface area (Å²) in [6.45, 7) is 5.80. The van der Waals surface area contributed by atoms with Gasteiger partial charge in [-0.2, -0.15) is 0 Å². The summed E-state index contributed by atoms with van der Waals surface area (Å²) in [5, 5.41) is 13.9. The molecule has 0 spiro atoms. The summed E-state index contributed by atoms with van der Waals surface area (Å²) in [6.07, 6.45) is 3.10. The van der Waals surface area contributed by atoms with E-state index < -0.39 is 4.92 Å². The maximum Gasteiger partial charge on any atom is 0.292 e. The van der Waals surface area contributed by atoms with E-state index >= 15 is 0 Å². The first kappa shape index (κ1) is 16.0. The molecule has 1 heterocycles. The number of hydrogen-bond donors (Lipinski definition) is 1. The summed E-state index contributed by atoms with van der Waals surface area (Å²) in [7, 11) is 0. The highest BCUT2D eigenvalue weighted by atomic mass is 79.9. The predicted octanol–water partition coefficient (Wildman–Crippen LogP) is 4.23. The van der Waals surface area contributed by atoms with Crippen molar-refractivity contribution >= 4 is 33.0 Å². The average molecular weight is 339 g/mol. The Morgan fingerprint density at radius 1 is 1.25 bits per heavy atom. The van der Waals surface area contributed by atoms with Crippen LogP contribution in [0.4, 0.5) is 17.1 Å². The lowest BCUT2D eigenvalue weighted by atomic mass is 10.1. The first-order valence-electron chi connectivity index (χ1n) is 6.06. The molecular weight excluding hydrogens is 324 g/mol. The molecule has 2 rings (SSSR count). The Bertz CT molecular complexity index is 587. The van der Waals surface area contributed by atoms with Crippen molar-refractivity contribution in [2.24, 2.45) is 0 Å². The molecule has 0 saturated heterocycles. The molecule has 0 bridgehead atoms. The van der Waals surface area contributed by atoms with Crippen LogP contribution < -0.4 is 5.32 Å². The maximum atomic E-state index is 10.9. The smallest absolute Gasteiger partial charge is 0.292 e. The van der Waals surface area contributed by atoms with E-state index in [0.717, 1.165) is 5.56 Å². The Labute approximate surface area is 125 Å². The minimum absolute atomic E-state index is 0.0259. The fraction of sp³-hybridized carbons (Fsp3) is 0.231. The van der Waals surface area contributed by atoms with Crippen LogP contribution in [-0.4, -0.2) is 14.9 Å². The number of aromatic nitrogens is 2. The van der Waals surface area contributed by atoms with Crippen LogP contribution in [0.15, 0.2) is 35.3 Å². The largest absolute Gasteiger partial charge is 0.347 e. The zero-order valence-electron chi connectivity index (χ0n) is 11.4. The molecule has 0 amide bonds. The van der Waals surface area contributed by atoms with Gasteiger partial charge in [-0.1, -0.05) is 26.0 Å². The van der Waals surface area contributed by atoms with Crippen LogP contribution in [0.25, 0.3) is 0 Å². The second kappa shape index (κ2) is 7.54. The quantitative estimate of drug-likeness (QED) is 0.514. The SMILES string of the molecule is CC.Cc1cccc([N+](=O)[O-])c1Nc1cnc(Br)nc1. The molecule has 6 nitrogen and oxygen atoms in total. The van der Waals surface area contributed by atoms with Gasteiger partial charge in [-0.15, -0.1) is 0 Å². The number of nitro benzene ring substituents is 1. The van der Waals surface area contributed by atoms with E-state index in [-0.39, 0.29) is 5.69 Å². The van der Waals surface area contributed by atoms with Gasteiger partial charge in [0.1, 0.15) is 5.69 Å². The van der Waals surface area contributed by atoms with Crippen molar-refractivity contribution < 1.29 is 4.92 Å². The topological polar surface area (TPSA) is 81.0 Å². The third-order valence-corrected chi connectivity index (χ3v) is 2.75. The normalized spacial score (nSPS) is 9.40. The Morgan fingerprint density at radius 2 is 1.85 bits per heavy atom. The highest BCUT2D eigenvalue weighted by Crippen LogP contribution is 2.30. The van der Waals surface area contributed by atoms with Gasteiger partial charge in [-0.3, -0.25) is 10.1 Å². The number of anilines is 2. The summed E-state index contributed by atoms with van der Waals surface area (Å²) in [4.78, 5) is 18.4. The van der Waals surface area contributed by atoms with E-state index in [4.69, 9.17) is 0 Å². The standard InChI is InChI=1S/C11H9BrN4O2.C2H6/c1-7-3-2-4-9(16(17)18)10(7)15-8-5-13-11(12)14-6-8;1-2/h2-6,15H,1H3;1-2H3. The van der Waals surface area contributed by atoms with Crippen LogP contribution in [0.5, 0.6) is 0 Å². The third kappa shape index (κ3) is 3.99. The van der Waals surface area contributed by atoms with Gasteiger partial charge in [0, 0.05) is 6.07 Å². The van der Waals surface area contributed by atoms with Crippen molar-refractivity contribution in [2.45, 2.75) is 20.8 Å². The third-order valence-electron chi connectivity index (χ3n) is 2.34. The number of halogens is 1. The fourth-order valence-electron chi connectivity index (χ4n) is 1.49. The van der Waals surface area contributed by atoms with Crippen molar-refractivity contribution in [3.8, 4) is 0 Å². The van der Waals surface area contributed by atoms with Gasteiger partial charge in [-0.05, 0) is 28.4 Å². The monoisotopic (exact) mass is 338 g/mol. The number of nitro groups is 1. The molecule has 0 saturated carbocycles. The molecular formula is C13H15BrN4O2. The number of hydrogen-bond acceptors (Lipinski definition) is 5. The second-order valence-electron chi connectivity index (χ2n) is 3.59. The number of nitrogens with one attached hydrogen (secondary N) is 1. The van der Waals surface area contributed by atoms with Crippen LogP contribution >= 0.6 is 15.9 Å². The minimum Gasteiger partial charge on any atom is -0.347 e. The first-order chi connectivity index (χ1) is 9.58. The van der Waals surface area contributed by atoms with E-state index in [0.29, 0.717) is 16.1 Å². The van der Waals surface area contributed by atoms with E-state index in [1.807, 2.05) is 13.8 Å². The van der Waals surface area contributed by atoms with Crippen LogP contribution in [0.2, 0.25) is 0 Å². The number of aryl methyl sites for hydroxylation is 1. The number of rotatable bonds is 3. The minimum atomic E-state index is -0.422. The number of nitrogens with zero attached hydrogens (tertiary/aromatic N) is 3. The summed E-state index contributed by atoms with van der Waals surface area (Å²) < 4.78 is 0.465. The molecule has 1 N–H and O–H groups in total. The van der Waals surface area contributed by atoms with Crippen LogP contribution in [-0.2, 0) is 0 Å². The summed E-state index contributed by atoms with van der Waals surface area (Å²) in [6, 6.07) is 4.90. The van der Waals surface area contributed by atoms with Crippen LogP contribution in [0, 0.1) is 17.0 Å². The van der Waals surface area contributed by atoms with Gasteiger partial charge in [0.2, 0.25) is 0 Å². The van der Waals surface area contributed by atoms with E-state index in [1.54, 1.807) is 31.5 Å². The number of benzene rings is 1. The molecule has 1 aromatic carbocycles. The molecule has 0 unspecified atom stereocenters. The summed E-state index contributed by atoms with van der Waals surface area (Å²) in [5.74, 6) is 0. The molecule has 1 aromatic heterocycles. The Balaban J connectivity index is 0.000000956. The highest BCUT2D eigenvalue weighted by molar-refractivity contribution is 9.10. The van der Waals surface area contributed by atoms with Crippen molar-refractivity contribution in [3.63, 3.8) is 0 Å². The maximum absolute atomic E-state index is 10.9. The Hall–Kier alpha value is -2.02. The fourth-order valence-corrected chi connectivity index (χ4v) is 1.69. The zero-order valence-corrected chi connectivity index (χ0v) is 13.0. The van der Waals surface area contributed by atoms with Gasteiger partial charge < -0.3 is 5.32 Å². The lowest BCUT2D eigenvalue weighted by Crippen LogP contribution is -2.00. The van der Waals surface area contributed by atoms with Gasteiger partial charge in [0.05, 0.1) is 23.0 Å². The van der Waals surface area contributed by atoms with Crippen molar-refractivity contribution in [3.05, 3.63) is 51.0 Å². The molecule has 2 aromatic rings. The van der Waals surface area contributed by atoms with E-state index in [1.165, 1.54) is 6.07 Å². The molecule has 0 atom stereocenters. The Kier molecular flexibility index (Phi) is 6.05. The molecule has 0 aliphatic carbocycles. The lowest BCUT2D eigenvalue weighted by molar-refractivity contribution is -0.383. The average Bonchev–Trinajstić information content (AvgIpc) is 2.45. The molecule has 0 fully saturated rings. The molecule has 20 heavy (non-hydrogen) atoms. The molecule has 0 aliphatic heterocycles. The van der Waals surface area contributed by atoms with Gasteiger partial charge in [-0.25, -0.2) is 9.97 Å². The van der Waals surface area contributed by atoms with Crippen LogP contribution in [0.3, 0.4) is 0 Å². The van der Waals surface area contributed by atoms with Gasteiger partial charge in [0.15, 0.2) is 4.73 Å². The molecule has 0 aliphatic rings.